The number of hydrogen-bond acceptors (Lipinski definition) is 3. The predicted octanol–water partition coefficient (Wildman–Crippen LogP) is 3.04. The van der Waals surface area contributed by atoms with Gasteiger partial charge in [-0.3, -0.25) is 4.57 Å². The molecular weight excluding hydrogens is 300 g/mol. The third-order valence-electron chi connectivity index (χ3n) is 4.12. The smallest absolute Gasteiger partial charge is 0.287 e. The van der Waals surface area contributed by atoms with Gasteiger partial charge >= 0.3 is 5.69 Å². The van der Waals surface area contributed by atoms with Crippen molar-refractivity contribution in [1.82, 2.24) is 19.2 Å². The lowest BCUT2D eigenvalue weighted by Gasteiger charge is -2.11. The molecule has 2 aromatic heterocycles. The molecule has 24 heavy (non-hydrogen) atoms. The average molecular weight is 316 g/mol. The van der Waals surface area contributed by atoms with Gasteiger partial charge in [0.1, 0.15) is 5.82 Å². The summed E-state index contributed by atoms with van der Waals surface area (Å²) < 4.78 is 3.12. The largest absolute Gasteiger partial charge is 0.351 e. The highest BCUT2D eigenvalue weighted by atomic mass is 16.2. The van der Waals surface area contributed by atoms with Crippen molar-refractivity contribution in [2.24, 2.45) is 0 Å². The first-order valence-electron chi connectivity index (χ1n) is 7.73. The first kappa shape index (κ1) is 14.4. The summed E-state index contributed by atoms with van der Waals surface area (Å²) in [5.41, 5.74) is 3.38. The van der Waals surface area contributed by atoms with E-state index in [1.165, 1.54) is 4.52 Å². The van der Waals surface area contributed by atoms with Gasteiger partial charge < -0.3 is 0 Å². The minimum atomic E-state index is -0.183. The van der Waals surface area contributed by atoms with Crippen LogP contribution in [0.1, 0.15) is 17.0 Å². The molecule has 0 spiro atoms. The van der Waals surface area contributed by atoms with Crippen LogP contribution in [0.4, 0.5) is 0 Å². The molecular formula is C19H16N4O. The van der Waals surface area contributed by atoms with Gasteiger partial charge in [-0.1, -0.05) is 49.1 Å². The van der Waals surface area contributed by atoms with Crippen LogP contribution in [0.2, 0.25) is 0 Å². The fourth-order valence-electron chi connectivity index (χ4n) is 2.93. The van der Waals surface area contributed by atoms with Crippen molar-refractivity contribution in [2.45, 2.75) is 13.5 Å². The maximum atomic E-state index is 12.9. The van der Waals surface area contributed by atoms with E-state index in [0.717, 1.165) is 22.0 Å². The molecule has 118 valence electrons. The van der Waals surface area contributed by atoms with E-state index in [1.807, 2.05) is 48.5 Å². The van der Waals surface area contributed by atoms with Crippen molar-refractivity contribution < 1.29 is 0 Å². The van der Waals surface area contributed by atoms with Crippen LogP contribution in [0.25, 0.3) is 22.6 Å². The van der Waals surface area contributed by atoms with Crippen LogP contribution >= 0.6 is 0 Å². The normalized spacial score (nSPS) is 11.2. The Morgan fingerprint density at radius 3 is 2.62 bits per heavy atom. The summed E-state index contributed by atoms with van der Waals surface area (Å²) >= 11 is 0. The number of nitrogens with zero attached hydrogens (tertiary/aromatic N) is 4. The van der Waals surface area contributed by atoms with E-state index < -0.39 is 0 Å². The van der Waals surface area contributed by atoms with Gasteiger partial charge in [0.25, 0.3) is 0 Å². The third kappa shape index (κ3) is 2.22. The van der Waals surface area contributed by atoms with E-state index in [4.69, 9.17) is 0 Å². The Labute approximate surface area is 138 Å². The number of para-hydroxylation sites is 1. The van der Waals surface area contributed by atoms with Crippen LogP contribution < -0.4 is 5.69 Å². The second-order valence-corrected chi connectivity index (χ2v) is 5.73. The highest BCUT2D eigenvalue weighted by molar-refractivity contribution is 5.91. The molecule has 0 saturated heterocycles. The third-order valence-corrected chi connectivity index (χ3v) is 4.12. The molecule has 2 heterocycles. The Morgan fingerprint density at radius 2 is 1.88 bits per heavy atom. The zero-order chi connectivity index (χ0) is 16.7. The fraction of sp³-hybridized carbons (Fsp3) is 0.105. The monoisotopic (exact) mass is 316 g/mol. The van der Waals surface area contributed by atoms with Gasteiger partial charge in [0.15, 0.2) is 5.65 Å². The number of rotatable bonds is 3. The number of benzene rings is 2. The summed E-state index contributed by atoms with van der Waals surface area (Å²) in [7, 11) is 0. The molecule has 0 aliphatic carbocycles. The molecule has 0 aliphatic rings. The minimum Gasteiger partial charge on any atom is -0.287 e. The number of aromatic nitrogens is 4. The maximum absolute atomic E-state index is 12.9. The number of fused-ring (bicyclic) bond motifs is 3. The highest BCUT2D eigenvalue weighted by Crippen LogP contribution is 2.18. The molecule has 4 aromatic rings. The van der Waals surface area contributed by atoms with E-state index >= 15 is 0 Å². The molecule has 0 aliphatic heterocycles. The summed E-state index contributed by atoms with van der Waals surface area (Å²) in [5.74, 6) is 0.588. The Balaban J connectivity index is 1.96. The molecule has 0 saturated carbocycles. The average Bonchev–Trinajstić information content (AvgIpc) is 3.01. The zero-order valence-corrected chi connectivity index (χ0v) is 13.3. The molecule has 2 aromatic carbocycles. The SMILES string of the molecule is C=Cc1ccc(Cn2c(=O)n3nc(C)nc3c3ccccc32)cc1. The molecule has 0 fully saturated rings. The first-order valence-corrected chi connectivity index (χ1v) is 7.73. The highest BCUT2D eigenvalue weighted by Gasteiger charge is 2.13. The van der Waals surface area contributed by atoms with E-state index in [9.17, 15) is 4.79 Å². The second kappa shape index (κ2) is 5.45. The second-order valence-electron chi connectivity index (χ2n) is 5.73. The predicted molar refractivity (Wildman–Crippen MR) is 95.1 cm³/mol. The van der Waals surface area contributed by atoms with Crippen molar-refractivity contribution in [1.29, 1.82) is 0 Å². The molecule has 5 heteroatoms. The molecule has 0 N–H and O–H groups in total. The summed E-state index contributed by atoms with van der Waals surface area (Å²) in [6, 6.07) is 15.8. The number of aryl methyl sites for hydroxylation is 1. The van der Waals surface area contributed by atoms with Crippen LogP contribution in [0.5, 0.6) is 0 Å². The Morgan fingerprint density at radius 1 is 1.12 bits per heavy atom. The van der Waals surface area contributed by atoms with Gasteiger partial charge in [0, 0.05) is 5.39 Å². The fourth-order valence-corrected chi connectivity index (χ4v) is 2.93. The summed E-state index contributed by atoms with van der Waals surface area (Å²) in [4.78, 5) is 17.3. The van der Waals surface area contributed by atoms with Crippen LogP contribution in [0, 0.1) is 6.92 Å². The lowest BCUT2D eigenvalue weighted by atomic mass is 10.1. The van der Waals surface area contributed by atoms with Crippen molar-refractivity contribution in [3.8, 4) is 0 Å². The van der Waals surface area contributed by atoms with Gasteiger partial charge in [-0.15, -0.1) is 5.10 Å². The summed E-state index contributed by atoms with van der Waals surface area (Å²) in [6.07, 6.45) is 1.80. The van der Waals surface area contributed by atoms with Gasteiger partial charge in [-0.2, -0.15) is 4.52 Å². The number of hydrogen-bond donors (Lipinski definition) is 0. The van der Waals surface area contributed by atoms with Gasteiger partial charge in [-0.25, -0.2) is 9.78 Å². The zero-order valence-electron chi connectivity index (χ0n) is 13.3. The molecule has 4 rings (SSSR count). The van der Waals surface area contributed by atoms with E-state index in [1.54, 1.807) is 17.6 Å². The lowest BCUT2D eigenvalue weighted by molar-refractivity contribution is 0.712. The molecule has 0 bridgehead atoms. The van der Waals surface area contributed by atoms with Crippen molar-refractivity contribution in [2.75, 3.05) is 0 Å². The van der Waals surface area contributed by atoms with Crippen LogP contribution in [0.15, 0.2) is 59.9 Å². The van der Waals surface area contributed by atoms with Crippen molar-refractivity contribution >= 4 is 22.6 Å². The lowest BCUT2D eigenvalue weighted by Crippen LogP contribution is -2.28. The quantitative estimate of drug-likeness (QED) is 0.584. The van der Waals surface area contributed by atoms with Gasteiger partial charge in [-0.05, 0) is 30.2 Å². The van der Waals surface area contributed by atoms with Gasteiger partial charge in [0.2, 0.25) is 0 Å². The Bertz CT molecular complexity index is 1120. The summed E-state index contributed by atoms with van der Waals surface area (Å²) in [6.45, 7) is 6.03. The Hall–Kier alpha value is -3.21. The van der Waals surface area contributed by atoms with E-state index in [0.29, 0.717) is 18.0 Å². The molecule has 0 atom stereocenters. The molecule has 0 amide bonds. The van der Waals surface area contributed by atoms with Gasteiger partial charge in [0.05, 0.1) is 12.1 Å². The molecule has 5 nitrogen and oxygen atoms in total. The maximum Gasteiger partial charge on any atom is 0.351 e. The van der Waals surface area contributed by atoms with E-state index in [2.05, 4.69) is 16.7 Å². The first-order chi connectivity index (χ1) is 11.7. The standard InChI is InChI=1S/C19H16N4O/c1-3-14-8-10-15(11-9-14)12-22-17-7-5-4-6-16(17)18-20-13(2)21-23(18)19(22)24/h3-11H,1,12H2,2H3. The molecule has 0 unspecified atom stereocenters. The van der Waals surface area contributed by atoms with Crippen LogP contribution in [0.3, 0.4) is 0 Å². The van der Waals surface area contributed by atoms with E-state index in [-0.39, 0.29) is 5.69 Å². The minimum absolute atomic E-state index is 0.183. The summed E-state index contributed by atoms with van der Waals surface area (Å²) in [5, 5.41) is 5.17. The molecule has 0 radical (unpaired) electrons. The topological polar surface area (TPSA) is 52.2 Å². The Kier molecular flexibility index (Phi) is 3.27. The van der Waals surface area contributed by atoms with Crippen molar-refractivity contribution in [3.63, 3.8) is 0 Å². The van der Waals surface area contributed by atoms with Crippen LogP contribution in [-0.2, 0) is 6.54 Å². The van der Waals surface area contributed by atoms with Crippen molar-refractivity contribution in [3.05, 3.63) is 82.5 Å². The van der Waals surface area contributed by atoms with Crippen LogP contribution in [-0.4, -0.2) is 19.2 Å².